The van der Waals surface area contributed by atoms with Crippen LogP contribution in [0.5, 0.6) is 0 Å². The summed E-state index contributed by atoms with van der Waals surface area (Å²) in [6.45, 7) is 3.85. The van der Waals surface area contributed by atoms with Gasteiger partial charge in [0.05, 0.1) is 24.0 Å². The van der Waals surface area contributed by atoms with Crippen molar-refractivity contribution in [2.24, 2.45) is 0 Å². The molecular formula is C27H27F3N6O. The second kappa shape index (κ2) is 10.3. The number of anilines is 1. The van der Waals surface area contributed by atoms with Crippen LogP contribution in [0.3, 0.4) is 0 Å². The Labute approximate surface area is 212 Å². The molecule has 0 aliphatic carbocycles. The van der Waals surface area contributed by atoms with Crippen molar-refractivity contribution < 1.29 is 18.0 Å². The van der Waals surface area contributed by atoms with Crippen LogP contribution in [-0.2, 0) is 11.2 Å². The summed E-state index contributed by atoms with van der Waals surface area (Å²) < 4.78 is 39.2. The molecule has 7 nitrogen and oxygen atoms in total. The number of carbonyl (C=O) groups is 1. The van der Waals surface area contributed by atoms with Gasteiger partial charge < -0.3 is 9.80 Å². The Morgan fingerprint density at radius 1 is 0.973 bits per heavy atom. The predicted octanol–water partition coefficient (Wildman–Crippen LogP) is 4.66. The first-order valence-electron chi connectivity index (χ1n) is 12.2. The summed E-state index contributed by atoms with van der Waals surface area (Å²) >= 11 is 0. The van der Waals surface area contributed by atoms with E-state index in [1.165, 1.54) is 0 Å². The molecule has 37 heavy (non-hydrogen) atoms. The second-order valence-electron chi connectivity index (χ2n) is 9.39. The van der Waals surface area contributed by atoms with E-state index in [2.05, 4.69) is 32.0 Å². The normalized spacial score (nSPS) is 14.9. The second-order valence-corrected chi connectivity index (χ2v) is 9.39. The minimum atomic E-state index is -4.33. The fourth-order valence-electron chi connectivity index (χ4n) is 4.47. The van der Waals surface area contributed by atoms with E-state index in [0.29, 0.717) is 5.56 Å². The number of carbonyl (C=O) groups excluding carboxylic acids is 1. The number of pyridine rings is 1. The van der Waals surface area contributed by atoms with Gasteiger partial charge in [0.15, 0.2) is 5.82 Å². The maximum absolute atomic E-state index is 12.4. The average molecular weight is 509 g/mol. The lowest BCUT2D eigenvalue weighted by molar-refractivity contribution is -0.143. The molecule has 0 N–H and O–H groups in total. The minimum absolute atomic E-state index is 0.0341. The zero-order valence-corrected chi connectivity index (χ0v) is 20.4. The van der Waals surface area contributed by atoms with Crippen molar-refractivity contribution in [3.63, 3.8) is 0 Å². The van der Waals surface area contributed by atoms with Crippen molar-refractivity contribution >= 4 is 17.2 Å². The molecule has 0 amide bonds. The van der Waals surface area contributed by atoms with Crippen molar-refractivity contribution in [3.8, 4) is 22.5 Å². The molecule has 5 rings (SSSR count). The summed E-state index contributed by atoms with van der Waals surface area (Å²) in [6, 6.07) is 15.1. The molecular weight excluding hydrogens is 481 g/mol. The zero-order chi connectivity index (χ0) is 26.0. The standard InChI is InChI=1S/C27H27F3N6O/c1-34-11-13-35(14-12-34)25-6-5-23(32-33-25)20-8-10-36-24(18-31-26(36)17-20)21-4-2-3-19(15-21)16-22(37)7-9-27(28,29)30/h2-6,8,10,15,17-18H,7,9,11-14,16H2,1H3. The largest absolute Gasteiger partial charge is 0.389 e. The highest BCUT2D eigenvalue weighted by atomic mass is 19.4. The van der Waals surface area contributed by atoms with Gasteiger partial charge in [-0.3, -0.25) is 9.20 Å². The number of fused-ring (bicyclic) bond motifs is 1. The Hall–Kier alpha value is -3.79. The molecule has 192 valence electrons. The number of nitrogens with zero attached hydrogens (tertiary/aromatic N) is 6. The molecule has 10 heteroatoms. The van der Waals surface area contributed by atoms with Gasteiger partial charge in [0.2, 0.25) is 0 Å². The van der Waals surface area contributed by atoms with E-state index in [1.807, 2.05) is 47.0 Å². The van der Waals surface area contributed by atoms with E-state index < -0.39 is 24.8 Å². The molecule has 1 saturated heterocycles. The number of imidazole rings is 1. The third kappa shape index (κ3) is 5.96. The predicted molar refractivity (Wildman–Crippen MR) is 135 cm³/mol. The molecule has 0 radical (unpaired) electrons. The molecule has 0 saturated carbocycles. The molecule has 0 atom stereocenters. The van der Waals surface area contributed by atoms with Crippen LogP contribution >= 0.6 is 0 Å². The molecule has 4 heterocycles. The molecule has 1 fully saturated rings. The van der Waals surface area contributed by atoms with E-state index in [1.54, 1.807) is 18.3 Å². The summed E-state index contributed by atoms with van der Waals surface area (Å²) in [7, 11) is 2.11. The summed E-state index contributed by atoms with van der Waals surface area (Å²) in [5.74, 6) is 0.440. The van der Waals surface area contributed by atoms with E-state index in [-0.39, 0.29) is 6.42 Å². The topological polar surface area (TPSA) is 66.6 Å². The quantitative estimate of drug-likeness (QED) is 0.362. The third-order valence-electron chi connectivity index (χ3n) is 6.60. The van der Waals surface area contributed by atoms with Crippen LogP contribution in [0.1, 0.15) is 18.4 Å². The van der Waals surface area contributed by atoms with Gasteiger partial charge in [0.25, 0.3) is 0 Å². The van der Waals surface area contributed by atoms with Gasteiger partial charge >= 0.3 is 6.18 Å². The van der Waals surface area contributed by atoms with Crippen LogP contribution in [0, 0.1) is 0 Å². The fourth-order valence-corrected chi connectivity index (χ4v) is 4.47. The number of benzene rings is 1. The van der Waals surface area contributed by atoms with E-state index in [9.17, 15) is 18.0 Å². The van der Waals surface area contributed by atoms with Gasteiger partial charge in [-0.2, -0.15) is 13.2 Å². The number of rotatable bonds is 7. The van der Waals surface area contributed by atoms with Crippen molar-refractivity contribution in [2.75, 3.05) is 38.1 Å². The van der Waals surface area contributed by atoms with E-state index in [4.69, 9.17) is 0 Å². The van der Waals surface area contributed by atoms with Crippen molar-refractivity contribution in [1.29, 1.82) is 0 Å². The van der Waals surface area contributed by atoms with Gasteiger partial charge in [0, 0.05) is 56.3 Å². The number of ketones is 1. The van der Waals surface area contributed by atoms with E-state index in [0.717, 1.165) is 60.2 Å². The van der Waals surface area contributed by atoms with Crippen molar-refractivity contribution in [2.45, 2.75) is 25.4 Å². The first kappa shape index (κ1) is 24.9. The molecule has 0 spiro atoms. The first-order valence-corrected chi connectivity index (χ1v) is 12.2. The molecule has 1 aromatic carbocycles. The number of hydrogen-bond donors (Lipinski definition) is 0. The van der Waals surface area contributed by atoms with Crippen LogP contribution in [-0.4, -0.2) is 69.7 Å². The first-order chi connectivity index (χ1) is 17.7. The highest BCUT2D eigenvalue weighted by molar-refractivity contribution is 5.81. The summed E-state index contributed by atoms with van der Waals surface area (Å²) in [4.78, 5) is 21.1. The summed E-state index contributed by atoms with van der Waals surface area (Å²) in [5, 5.41) is 8.88. The number of aromatic nitrogens is 4. The van der Waals surface area contributed by atoms with Gasteiger partial charge in [-0.05, 0) is 42.9 Å². The Bertz CT molecular complexity index is 1390. The number of Topliss-reactive ketones (excluding diaryl/α,β-unsaturated/α-hetero) is 1. The maximum Gasteiger partial charge on any atom is 0.389 e. The van der Waals surface area contributed by atoms with Gasteiger partial charge in [-0.25, -0.2) is 4.98 Å². The lowest BCUT2D eigenvalue weighted by Crippen LogP contribution is -2.44. The summed E-state index contributed by atoms with van der Waals surface area (Å²) in [6.07, 6.45) is -2.32. The van der Waals surface area contributed by atoms with Crippen molar-refractivity contribution in [1.82, 2.24) is 24.5 Å². The van der Waals surface area contributed by atoms with Crippen LogP contribution in [0.4, 0.5) is 19.0 Å². The summed E-state index contributed by atoms with van der Waals surface area (Å²) in [5.41, 5.74) is 4.70. The highest BCUT2D eigenvalue weighted by Gasteiger charge is 2.27. The number of alkyl halides is 3. The van der Waals surface area contributed by atoms with Crippen LogP contribution < -0.4 is 4.90 Å². The maximum atomic E-state index is 12.4. The van der Waals surface area contributed by atoms with Gasteiger partial charge in [-0.1, -0.05) is 18.2 Å². The molecule has 0 unspecified atom stereocenters. The third-order valence-corrected chi connectivity index (χ3v) is 6.60. The molecule has 0 bridgehead atoms. The number of hydrogen-bond acceptors (Lipinski definition) is 6. The Morgan fingerprint density at radius 3 is 2.51 bits per heavy atom. The number of likely N-dealkylation sites (N-methyl/N-ethyl adjacent to an activating group) is 1. The monoisotopic (exact) mass is 508 g/mol. The van der Waals surface area contributed by atoms with Gasteiger partial charge in [0.1, 0.15) is 11.4 Å². The minimum Gasteiger partial charge on any atom is -0.353 e. The smallest absolute Gasteiger partial charge is 0.353 e. The molecule has 4 aromatic rings. The average Bonchev–Trinajstić information content (AvgIpc) is 3.31. The highest BCUT2D eigenvalue weighted by Crippen LogP contribution is 2.26. The zero-order valence-electron chi connectivity index (χ0n) is 20.4. The van der Waals surface area contributed by atoms with Gasteiger partial charge in [-0.15, -0.1) is 10.2 Å². The Kier molecular flexibility index (Phi) is 6.92. The van der Waals surface area contributed by atoms with Crippen LogP contribution in [0.25, 0.3) is 28.2 Å². The van der Waals surface area contributed by atoms with E-state index >= 15 is 0 Å². The lowest BCUT2D eigenvalue weighted by atomic mass is 10.0. The number of piperazine rings is 1. The molecule has 1 aliphatic heterocycles. The Balaban J connectivity index is 1.31. The lowest BCUT2D eigenvalue weighted by Gasteiger charge is -2.32. The number of halogens is 3. The SMILES string of the molecule is CN1CCN(c2ccc(-c3ccn4c(-c5cccc(CC(=O)CCC(F)(F)F)c5)cnc4c3)nn2)CC1. The molecule has 3 aromatic heterocycles. The van der Waals surface area contributed by atoms with Crippen LogP contribution in [0.2, 0.25) is 0 Å². The Morgan fingerprint density at radius 2 is 1.78 bits per heavy atom. The van der Waals surface area contributed by atoms with Crippen molar-refractivity contribution in [3.05, 3.63) is 66.5 Å². The fraction of sp³-hybridized carbons (Fsp3) is 0.333. The molecule has 1 aliphatic rings. The van der Waals surface area contributed by atoms with Crippen LogP contribution in [0.15, 0.2) is 60.9 Å².